The van der Waals surface area contributed by atoms with Gasteiger partial charge in [-0.1, -0.05) is 234 Å². The molecule has 0 aromatic carbocycles. The number of allylic oxidation sites excluding steroid dienone is 14. The summed E-state index contributed by atoms with van der Waals surface area (Å²) in [4.78, 5) is 38.1. The van der Waals surface area contributed by atoms with Crippen molar-refractivity contribution in [2.75, 3.05) is 13.2 Å². The van der Waals surface area contributed by atoms with E-state index in [4.69, 9.17) is 14.2 Å². The maximum absolute atomic E-state index is 12.8. The SMILES string of the molecule is CC/C=C\C/C=C\C/C=C\C/C=C\C/C=C\C/C=C\CCCCCCC(=O)OCC(COC(=O)CCCCCCCCCCCCCC)OC(=O)CCCCCCC/C=C\CCCCCCC. The van der Waals surface area contributed by atoms with E-state index in [1.807, 2.05) is 0 Å². The molecule has 0 aliphatic heterocycles. The number of hydrogen-bond donors (Lipinski definition) is 0. The first-order valence-corrected chi connectivity index (χ1v) is 28.1. The molecule has 0 saturated carbocycles. The fourth-order valence-corrected chi connectivity index (χ4v) is 7.68. The van der Waals surface area contributed by atoms with Crippen LogP contribution in [0.1, 0.15) is 265 Å². The smallest absolute Gasteiger partial charge is 0.306 e. The summed E-state index contributed by atoms with van der Waals surface area (Å²) in [7, 11) is 0. The van der Waals surface area contributed by atoms with Gasteiger partial charge in [-0.2, -0.15) is 0 Å². The Balaban J connectivity index is 4.39. The molecule has 0 aliphatic carbocycles. The highest BCUT2D eigenvalue weighted by Gasteiger charge is 2.19. The number of hydrogen-bond acceptors (Lipinski definition) is 6. The second kappa shape index (κ2) is 55.2. The lowest BCUT2D eigenvalue weighted by atomic mass is 10.0. The molecule has 0 rings (SSSR count). The number of ether oxygens (including phenoxy) is 3. The molecule has 0 heterocycles. The summed E-state index contributed by atoms with van der Waals surface area (Å²) < 4.78 is 16.8. The van der Waals surface area contributed by atoms with Gasteiger partial charge in [0, 0.05) is 19.3 Å². The van der Waals surface area contributed by atoms with E-state index < -0.39 is 6.10 Å². The molecule has 6 nitrogen and oxygen atoms in total. The first-order valence-electron chi connectivity index (χ1n) is 28.1. The Morgan fingerprint density at radius 2 is 0.582 bits per heavy atom. The van der Waals surface area contributed by atoms with Crippen molar-refractivity contribution in [3.63, 3.8) is 0 Å². The number of carbonyl (C=O) groups is 3. The number of rotatable bonds is 50. The Hall–Kier alpha value is -3.41. The molecule has 0 aromatic heterocycles. The lowest BCUT2D eigenvalue weighted by Crippen LogP contribution is -2.30. The van der Waals surface area contributed by atoms with Crippen LogP contribution in [0.15, 0.2) is 85.1 Å². The van der Waals surface area contributed by atoms with Crippen molar-refractivity contribution in [3.05, 3.63) is 85.1 Å². The Morgan fingerprint density at radius 3 is 0.925 bits per heavy atom. The minimum Gasteiger partial charge on any atom is -0.462 e. The van der Waals surface area contributed by atoms with Crippen LogP contribution >= 0.6 is 0 Å². The summed E-state index contributed by atoms with van der Waals surface area (Å²) >= 11 is 0. The molecule has 0 aromatic rings. The summed E-state index contributed by atoms with van der Waals surface area (Å²) in [5, 5.41) is 0. The highest BCUT2D eigenvalue weighted by molar-refractivity contribution is 5.71. The van der Waals surface area contributed by atoms with Crippen LogP contribution in [0.25, 0.3) is 0 Å². The lowest BCUT2D eigenvalue weighted by Gasteiger charge is -2.18. The van der Waals surface area contributed by atoms with Crippen molar-refractivity contribution in [1.82, 2.24) is 0 Å². The van der Waals surface area contributed by atoms with Crippen LogP contribution < -0.4 is 0 Å². The van der Waals surface area contributed by atoms with E-state index in [9.17, 15) is 14.4 Å². The summed E-state index contributed by atoms with van der Waals surface area (Å²) in [6, 6.07) is 0. The predicted molar refractivity (Wildman–Crippen MR) is 288 cm³/mol. The van der Waals surface area contributed by atoms with Crippen LogP contribution in [0.3, 0.4) is 0 Å². The van der Waals surface area contributed by atoms with E-state index in [2.05, 4.69) is 106 Å². The molecule has 67 heavy (non-hydrogen) atoms. The van der Waals surface area contributed by atoms with Gasteiger partial charge in [-0.25, -0.2) is 0 Å². The summed E-state index contributed by atoms with van der Waals surface area (Å²) in [5.41, 5.74) is 0. The van der Waals surface area contributed by atoms with Crippen LogP contribution in [0.4, 0.5) is 0 Å². The standard InChI is InChI=1S/C61H104O6/c1-4-7-10-13-16-19-22-25-27-28-29-30-31-32-33-34-35-37-39-42-45-48-51-54-60(63)66-57-58(56-65-59(62)53-50-47-44-41-38-24-21-18-15-12-9-6-3)67-61(64)55-52-49-46-43-40-36-26-23-20-17-14-11-8-5-2/h7,10,16,19,23,25-27,29-30,32-33,35,37,58H,4-6,8-9,11-15,17-18,20-22,24,28,31,34,36,38-57H2,1-3H3/b10-7-,19-16-,26-23-,27-25-,30-29-,33-32-,37-35-. The molecule has 0 fully saturated rings. The predicted octanol–water partition coefficient (Wildman–Crippen LogP) is 18.8. The molecule has 384 valence electrons. The van der Waals surface area contributed by atoms with E-state index in [1.165, 1.54) is 103 Å². The maximum atomic E-state index is 12.8. The molecule has 0 radical (unpaired) electrons. The molecule has 0 aliphatic rings. The van der Waals surface area contributed by atoms with E-state index in [0.717, 1.165) is 122 Å². The first kappa shape index (κ1) is 63.6. The normalized spacial score (nSPS) is 12.7. The summed E-state index contributed by atoms with van der Waals surface area (Å²) in [6.45, 7) is 6.49. The highest BCUT2D eigenvalue weighted by atomic mass is 16.6. The zero-order valence-electron chi connectivity index (χ0n) is 43.9. The fraction of sp³-hybridized carbons (Fsp3) is 0.721. The van der Waals surface area contributed by atoms with Crippen molar-refractivity contribution < 1.29 is 28.6 Å². The highest BCUT2D eigenvalue weighted by Crippen LogP contribution is 2.15. The third-order valence-electron chi connectivity index (χ3n) is 11.9. The molecule has 6 heteroatoms. The van der Waals surface area contributed by atoms with Crippen molar-refractivity contribution in [1.29, 1.82) is 0 Å². The Bertz CT molecular complexity index is 1300. The Kier molecular flexibility index (Phi) is 52.4. The molecule has 0 spiro atoms. The molecule has 0 saturated heterocycles. The second-order valence-electron chi connectivity index (χ2n) is 18.5. The van der Waals surface area contributed by atoms with Crippen molar-refractivity contribution in [3.8, 4) is 0 Å². The maximum Gasteiger partial charge on any atom is 0.306 e. The molecule has 1 unspecified atom stereocenters. The molecule has 0 amide bonds. The molecule has 0 N–H and O–H groups in total. The monoisotopic (exact) mass is 933 g/mol. The second-order valence-corrected chi connectivity index (χ2v) is 18.5. The largest absolute Gasteiger partial charge is 0.462 e. The van der Waals surface area contributed by atoms with Crippen molar-refractivity contribution in [2.45, 2.75) is 271 Å². The van der Waals surface area contributed by atoms with E-state index >= 15 is 0 Å². The Labute approximate surface area is 414 Å². The van der Waals surface area contributed by atoms with Gasteiger partial charge in [-0.3, -0.25) is 14.4 Å². The van der Waals surface area contributed by atoms with Gasteiger partial charge in [0.2, 0.25) is 0 Å². The minimum absolute atomic E-state index is 0.0863. The zero-order chi connectivity index (χ0) is 48.6. The van der Waals surface area contributed by atoms with Gasteiger partial charge in [-0.05, 0) is 96.3 Å². The van der Waals surface area contributed by atoms with Crippen LogP contribution in [0.5, 0.6) is 0 Å². The Morgan fingerprint density at radius 1 is 0.313 bits per heavy atom. The van der Waals surface area contributed by atoms with Gasteiger partial charge in [0.05, 0.1) is 0 Å². The molecule has 1 atom stereocenters. The van der Waals surface area contributed by atoms with Gasteiger partial charge in [0.25, 0.3) is 0 Å². The number of carbonyl (C=O) groups excluding carboxylic acids is 3. The average Bonchev–Trinajstić information content (AvgIpc) is 3.33. The van der Waals surface area contributed by atoms with Crippen molar-refractivity contribution >= 4 is 17.9 Å². The average molecular weight is 933 g/mol. The summed E-state index contributed by atoms with van der Waals surface area (Å²) in [6.07, 6.45) is 71.4. The van der Waals surface area contributed by atoms with E-state index in [1.54, 1.807) is 0 Å². The quantitative estimate of drug-likeness (QED) is 0.0262. The van der Waals surface area contributed by atoms with Crippen LogP contribution in [0.2, 0.25) is 0 Å². The fourth-order valence-electron chi connectivity index (χ4n) is 7.68. The first-order chi connectivity index (χ1) is 33.0. The third kappa shape index (κ3) is 53.4. The summed E-state index contributed by atoms with van der Waals surface area (Å²) in [5.74, 6) is -0.917. The van der Waals surface area contributed by atoms with Gasteiger partial charge in [0.1, 0.15) is 13.2 Å². The molecular formula is C61H104O6. The van der Waals surface area contributed by atoms with Gasteiger partial charge < -0.3 is 14.2 Å². The number of unbranched alkanes of at least 4 members (excludes halogenated alkanes) is 25. The van der Waals surface area contributed by atoms with E-state index in [-0.39, 0.29) is 31.1 Å². The number of esters is 3. The van der Waals surface area contributed by atoms with Crippen LogP contribution in [0, 0.1) is 0 Å². The van der Waals surface area contributed by atoms with Gasteiger partial charge in [-0.15, -0.1) is 0 Å². The van der Waals surface area contributed by atoms with Crippen LogP contribution in [-0.2, 0) is 28.6 Å². The lowest BCUT2D eigenvalue weighted by molar-refractivity contribution is -0.167. The van der Waals surface area contributed by atoms with Crippen LogP contribution in [-0.4, -0.2) is 37.2 Å². The zero-order valence-corrected chi connectivity index (χ0v) is 43.9. The van der Waals surface area contributed by atoms with Gasteiger partial charge in [0.15, 0.2) is 6.10 Å². The topological polar surface area (TPSA) is 78.9 Å². The molecule has 0 bridgehead atoms. The molecular weight excluding hydrogens is 829 g/mol. The minimum atomic E-state index is -0.790. The third-order valence-corrected chi connectivity index (χ3v) is 11.9. The van der Waals surface area contributed by atoms with Gasteiger partial charge >= 0.3 is 17.9 Å². The van der Waals surface area contributed by atoms with Crippen molar-refractivity contribution in [2.24, 2.45) is 0 Å². The van der Waals surface area contributed by atoms with E-state index in [0.29, 0.717) is 19.3 Å².